The van der Waals surface area contributed by atoms with E-state index < -0.39 is 0 Å². The molecule has 2 aromatic rings. The number of aromatic nitrogens is 2. The van der Waals surface area contributed by atoms with Crippen molar-refractivity contribution < 1.29 is 4.79 Å². The van der Waals surface area contributed by atoms with E-state index in [0.717, 1.165) is 11.1 Å². The van der Waals surface area contributed by atoms with Gasteiger partial charge >= 0.3 is 0 Å². The van der Waals surface area contributed by atoms with Gasteiger partial charge in [-0.3, -0.25) is 4.79 Å². The van der Waals surface area contributed by atoms with Crippen molar-refractivity contribution in [2.24, 2.45) is 5.92 Å². The molecule has 3 N–H and O–H groups in total. The topological polar surface area (TPSA) is 80.9 Å². The molecule has 1 amide bonds. The minimum absolute atomic E-state index is 0.131. The van der Waals surface area contributed by atoms with Crippen LogP contribution in [0.25, 0.3) is 10.2 Å². The Morgan fingerprint density at radius 2 is 2.42 bits per heavy atom. The standard InChI is InChI=1S/C12H16N4OS2/c1-7(6-18-2)5-14-11(17)10-9(13)8-3-4-15-16-12(8)19-10/h3-4,7H,5-6,13H2,1-2H3,(H,14,17). The van der Waals surface area contributed by atoms with Crippen LogP contribution in [0.2, 0.25) is 0 Å². The van der Waals surface area contributed by atoms with Crippen LogP contribution in [0.1, 0.15) is 16.6 Å². The maximum absolute atomic E-state index is 12.1. The van der Waals surface area contributed by atoms with Crippen molar-refractivity contribution in [2.45, 2.75) is 6.92 Å². The first-order valence-electron chi connectivity index (χ1n) is 5.90. The maximum atomic E-state index is 12.1. The number of nitrogens with two attached hydrogens (primary N) is 1. The van der Waals surface area contributed by atoms with Gasteiger partial charge < -0.3 is 11.1 Å². The number of thiophene rings is 1. The summed E-state index contributed by atoms with van der Waals surface area (Å²) in [5.41, 5.74) is 6.47. The van der Waals surface area contributed by atoms with Gasteiger partial charge in [0.2, 0.25) is 0 Å². The molecule has 0 aromatic carbocycles. The lowest BCUT2D eigenvalue weighted by Gasteiger charge is -2.10. The molecule has 19 heavy (non-hydrogen) atoms. The van der Waals surface area contributed by atoms with Gasteiger partial charge in [0.15, 0.2) is 0 Å². The van der Waals surface area contributed by atoms with Crippen molar-refractivity contribution in [3.8, 4) is 0 Å². The number of hydrogen-bond donors (Lipinski definition) is 2. The molecule has 0 fully saturated rings. The van der Waals surface area contributed by atoms with Gasteiger partial charge in [-0.1, -0.05) is 6.92 Å². The highest BCUT2D eigenvalue weighted by Crippen LogP contribution is 2.31. The number of fused-ring (bicyclic) bond motifs is 1. The fourth-order valence-electron chi connectivity index (χ4n) is 1.73. The lowest BCUT2D eigenvalue weighted by Crippen LogP contribution is -2.28. The molecule has 0 aliphatic rings. The summed E-state index contributed by atoms with van der Waals surface area (Å²) in [6.45, 7) is 2.76. The Labute approximate surface area is 120 Å². The first-order valence-corrected chi connectivity index (χ1v) is 8.11. The van der Waals surface area contributed by atoms with Crippen molar-refractivity contribution in [2.75, 3.05) is 24.3 Å². The summed E-state index contributed by atoms with van der Waals surface area (Å²) in [7, 11) is 0. The Balaban J connectivity index is 2.11. The van der Waals surface area contributed by atoms with E-state index in [0.29, 0.717) is 27.9 Å². The zero-order valence-corrected chi connectivity index (χ0v) is 12.5. The van der Waals surface area contributed by atoms with Crippen LogP contribution in [0, 0.1) is 5.92 Å². The molecular weight excluding hydrogens is 280 g/mol. The van der Waals surface area contributed by atoms with Crippen LogP contribution in [0.4, 0.5) is 5.69 Å². The molecule has 0 aliphatic carbocycles. The van der Waals surface area contributed by atoms with E-state index in [-0.39, 0.29) is 5.91 Å². The Morgan fingerprint density at radius 1 is 1.63 bits per heavy atom. The van der Waals surface area contributed by atoms with Crippen LogP contribution in [0.15, 0.2) is 12.3 Å². The summed E-state index contributed by atoms with van der Waals surface area (Å²) in [5.74, 6) is 1.33. The molecule has 1 unspecified atom stereocenters. The third-order valence-corrected chi connectivity index (χ3v) is 4.70. The molecule has 0 radical (unpaired) electrons. The van der Waals surface area contributed by atoms with E-state index in [4.69, 9.17) is 5.73 Å². The summed E-state index contributed by atoms with van der Waals surface area (Å²) in [5, 5.41) is 11.5. The van der Waals surface area contributed by atoms with Crippen LogP contribution in [-0.4, -0.2) is 34.7 Å². The zero-order valence-electron chi connectivity index (χ0n) is 10.8. The Bertz CT molecular complexity index is 584. The molecule has 2 aromatic heterocycles. The minimum atomic E-state index is -0.131. The average Bonchev–Trinajstić information content (AvgIpc) is 2.74. The number of carbonyl (C=O) groups excluding carboxylic acids is 1. The van der Waals surface area contributed by atoms with Crippen molar-refractivity contribution >= 4 is 44.9 Å². The van der Waals surface area contributed by atoms with Crippen LogP contribution < -0.4 is 11.1 Å². The van der Waals surface area contributed by atoms with Crippen LogP contribution in [0.3, 0.4) is 0 Å². The highest BCUT2D eigenvalue weighted by atomic mass is 32.2. The fourth-order valence-corrected chi connectivity index (χ4v) is 3.37. The first-order chi connectivity index (χ1) is 9.13. The average molecular weight is 296 g/mol. The molecule has 0 spiro atoms. The smallest absolute Gasteiger partial charge is 0.263 e. The summed E-state index contributed by atoms with van der Waals surface area (Å²) in [6.07, 6.45) is 3.63. The Hall–Kier alpha value is -1.34. The van der Waals surface area contributed by atoms with Gasteiger partial charge in [-0.2, -0.15) is 16.9 Å². The molecule has 102 valence electrons. The normalized spacial score (nSPS) is 12.5. The van der Waals surface area contributed by atoms with Gasteiger partial charge in [-0.15, -0.1) is 16.4 Å². The van der Waals surface area contributed by atoms with E-state index >= 15 is 0 Å². The minimum Gasteiger partial charge on any atom is -0.397 e. The SMILES string of the molecule is CSCC(C)CNC(=O)c1sc2nnccc2c1N. The van der Waals surface area contributed by atoms with E-state index in [1.807, 2.05) is 0 Å². The van der Waals surface area contributed by atoms with Gasteiger partial charge in [0, 0.05) is 11.9 Å². The van der Waals surface area contributed by atoms with Gasteiger partial charge in [-0.05, 0) is 24.0 Å². The molecule has 7 heteroatoms. The van der Waals surface area contributed by atoms with Crippen LogP contribution >= 0.6 is 23.1 Å². The first kappa shape index (κ1) is 14.1. The third-order valence-electron chi connectivity index (χ3n) is 2.69. The number of carbonyl (C=O) groups is 1. The molecule has 5 nitrogen and oxygen atoms in total. The quantitative estimate of drug-likeness (QED) is 0.882. The molecule has 0 aliphatic heterocycles. The zero-order chi connectivity index (χ0) is 13.8. The Morgan fingerprint density at radius 3 is 3.11 bits per heavy atom. The summed E-state index contributed by atoms with van der Waals surface area (Å²) >= 11 is 3.05. The number of thioether (sulfide) groups is 1. The molecule has 0 saturated heterocycles. The van der Waals surface area contributed by atoms with E-state index in [1.165, 1.54) is 11.3 Å². The van der Waals surface area contributed by atoms with E-state index in [2.05, 4.69) is 28.7 Å². The second kappa shape index (κ2) is 6.21. The summed E-state index contributed by atoms with van der Waals surface area (Å²) in [4.78, 5) is 13.3. The number of nitrogen functional groups attached to an aromatic ring is 1. The highest BCUT2D eigenvalue weighted by Gasteiger charge is 2.17. The van der Waals surface area contributed by atoms with Gasteiger partial charge in [0.25, 0.3) is 5.91 Å². The van der Waals surface area contributed by atoms with E-state index in [1.54, 1.807) is 24.0 Å². The Kier molecular flexibility index (Phi) is 4.60. The molecular formula is C12H16N4OS2. The van der Waals surface area contributed by atoms with Gasteiger partial charge in [0.05, 0.1) is 11.9 Å². The van der Waals surface area contributed by atoms with Gasteiger partial charge in [-0.25, -0.2) is 0 Å². The summed E-state index contributed by atoms with van der Waals surface area (Å²) in [6, 6.07) is 1.78. The molecule has 0 saturated carbocycles. The number of rotatable bonds is 5. The van der Waals surface area contributed by atoms with Crippen molar-refractivity contribution in [1.29, 1.82) is 0 Å². The number of amides is 1. The number of hydrogen-bond acceptors (Lipinski definition) is 6. The van der Waals surface area contributed by atoms with Crippen molar-refractivity contribution in [1.82, 2.24) is 15.5 Å². The number of nitrogens with zero attached hydrogens (tertiary/aromatic N) is 2. The second-order valence-corrected chi connectivity index (χ2v) is 6.28. The number of anilines is 1. The molecule has 1 atom stereocenters. The maximum Gasteiger partial charge on any atom is 0.263 e. The lowest BCUT2D eigenvalue weighted by atomic mass is 10.2. The summed E-state index contributed by atoms with van der Waals surface area (Å²) < 4.78 is 0. The predicted molar refractivity (Wildman–Crippen MR) is 81.7 cm³/mol. The number of nitrogens with one attached hydrogen (secondary N) is 1. The highest BCUT2D eigenvalue weighted by molar-refractivity contribution is 7.98. The molecule has 2 heterocycles. The lowest BCUT2D eigenvalue weighted by molar-refractivity contribution is 0.0954. The third kappa shape index (κ3) is 3.16. The van der Waals surface area contributed by atoms with Crippen LogP contribution in [-0.2, 0) is 0 Å². The largest absolute Gasteiger partial charge is 0.397 e. The van der Waals surface area contributed by atoms with Crippen LogP contribution in [0.5, 0.6) is 0 Å². The second-order valence-electron chi connectivity index (χ2n) is 4.37. The monoisotopic (exact) mass is 296 g/mol. The fraction of sp³-hybridized carbons (Fsp3) is 0.417. The molecule has 2 rings (SSSR count). The van der Waals surface area contributed by atoms with Gasteiger partial charge in [0.1, 0.15) is 9.71 Å². The molecule has 0 bridgehead atoms. The van der Waals surface area contributed by atoms with Crippen molar-refractivity contribution in [3.05, 3.63) is 17.1 Å². The van der Waals surface area contributed by atoms with E-state index in [9.17, 15) is 4.79 Å². The predicted octanol–water partition coefficient (Wildman–Crippen LogP) is 2.00. The van der Waals surface area contributed by atoms with Crippen molar-refractivity contribution in [3.63, 3.8) is 0 Å².